The van der Waals surface area contributed by atoms with Gasteiger partial charge in [-0.25, -0.2) is 13.1 Å². The standard InChI is InChI=1S/C16H24F3N3O3S/c1-12(2)25-13-3-5-14(6-4-13)26(23,24)21-11-15(16(17,18)19)22-9-7-20-8-10-22/h3-6,12,15,20-21H,7-11H2,1-2H3. The molecule has 0 amide bonds. The van der Waals surface area contributed by atoms with Gasteiger partial charge >= 0.3 is 6.18 Å². The van der Waals surface area contributed by atoms with Crippen LogP contribution in [0.1, 0.15) is 13.8 Å². The molecule has 1 atom stereocenters. The summed E-state index contributed by atoms with van der Waals surface area (Å²) in [7, 11) is -4.05. The minimum absolute atomic E-state index is 0.0674. The number of halogens is 3. The second-order valence-corrected chi connectivity index (χ2v) is 8.10. The largest absolute Gasteiger partial charge is 0.491 e. The van der Waals surface area contributed by atoms with E-state index in [0.29, 0.717) is 18.8 Å². The maximum Gasteiger partial charge on any atom is 0.405 e. The van der Waals surface area contributed by atoms with Gasteiger partial charge in [-0.1, -0.05) is 0 Å². The Morgan fingerprint density at radius 3 is 2.27 bits per heavy atom. The fraction of sp³-hybridized carbons (Fsp3) is 0.625. The number of alkyl halides is 3. The van der Waals surface area contributed by atoms with Crippen molar-refractivity contribution in [3.8, 4) is 5.75 Å². The quantitative estimate of drug-likeness (QED) is 0.734. The van der Waals surface area contributed by atoms with Crippen LogP contribution in [-0.2, 0) is 10.0 Å². The minimum Gasteiger partial charge on any atom is -0.491 e. The number of sulfonamides is 1. The highest BCUT2D eigenvalue weighted by Crippen LogP contribution is 2.25. The Balaban J connectivity index is 2.06. The number of rotatable bonds is 7. The van der Waals surface area contributed by atoms with E-state index in [1.807, 2.05) is 13.8 Å². The van der Waals surface area contributed by atoms with Gasteiger partial charge in [0.15, 0.2) is 0 Å². The van der Waals surface area contributed by atoms with Crippen LogP contribution in [-0.4, -0.2) is 64.4 Å². The van der Waals surface area contributed by atoms with E-state index in [1.165, 1.54) is 29.2 Å². The van der Waals surface area contributed by atoms with E-state index in [2.05, 4.69) is 10.0 Å². The molecule has 0 bridgehead atoms. The summed E-state index contributed by atoms with van der Waals surface area (Å²) in [5.41, 5.74) is 0. The first-order valence-electron chi connectivity index (χ1n) is 8.37. The Morgan fingerprint density at radius 1 is 1.19 bits per heavy atom. The third-order valence-electron chi connectivity index (χ3n) is 3.94. The van der Waals surface area contributed by atoms with Crippen molar-refractivity contribution in [3.05, 3.63) is 24.3 Å². The number of ether oxygens (including phenoxy) is 1. The van der Waals surface area contributed by atoms with Crippen molar-refractivity contribution in [1.29, 1.82) is 0 Å². The molecule has 6 nitrogen and oxygen atoms in total. The van der Waals surface area contributed by atoms with Crippen LogP contribution in [0.4, 0.5) is 13.2 Å². The molecule has 1 unspecified atom stereocenters. The molecule has 1 fully saturated rings. The van der Waals surface area contributed by atoms with Crippen molar-refractivity contribution in [3.63, 3.8) is 0 Å². The molecule has 0 saturated carbocycles. The highest BCUT2D eigenvalue weighted by Gasteiger charge is 2.44. The number of nitrogens with zero attached hydrogens (tertiary/aromatic N) is 1. The molecule has 1 aromatic rings. The predicted octanol–water partition coefficient (Wildman–Crippen LogP) is 1.59. The lowest BCUT2D eigenvalue weighted by Gasteiger charge is -2.35. The Hall–Kier alpha value is -1.36. The number of hydrogen-bond donors (Lipinski definition) is 2. The topological polar surface area (TPSA) is 70.7 Å². The summed E-state index contributed by atoms with van der Waals surface area (Å²) in [6.45, 7) is 4.25. The molecule has 2 rings (SSSR count). The fourth-order valence-electron chi connectivity index (χ4n) is 2.69. The van der Waals surface area contributed by atoms with Gasteiger partial charge in [0.05, 0.1) is 11.0 Å². The Morgan fingerprint density at radius 2 is 1.77 bits per heavy atom. The zero-order valence-corrected chi connectivity index (χ0v) is 15.5. The summed E-state index contributed by atoms with van der Waals surface area (Å²) in [6, 6.07) is 3.72. The Bertz CT molecular complexity index is 672. The lowest BCUT2D eigenvalue weighted by Crippen LogP contribution is -2.57. The van der Waals surface area contributed by atoms with Crippen molar-refractivity contribution >= 4 is 10.0 Å². The summed E-state index contributed by atoms with van der Waals surface area (Å²) < 4.78 is 72.2. The molecule has 1 heterocycles. The highest BCUT2D eigenvalue weighted by atomic mass is 32.2. The molecule has 2 N–H and O–H groups in total. The average Bonchev–Trinajstić information content (AvgIpc) is 2.54. The maximum absolute atomic E-state index is 13.3. The molecule has 1 aromatic carbocycles. The van der Waals surface area contributed by atoms with E-state index in [1.54, 1.807) is 0 Å². The van der Waals surface area contributed by atoms with Crippen molar-refractivity contribution in [2.75, 3.05) is 32.7 Å². The fourth-order valence-corrected chi connectivity index (χ4v) is 3.73. The van der Waals surface area contributed by atoms with Gasteiger partial charge in [0.25, 0.3) is 0 Å². The lowest BCUT2D eigenvalue weighted by atomic mass is 10.2. The van der Waals surface area contributed by atoms with Crippen LogP contribution in [0.2, 0.25) is 0 Å². The third-order valence-corrected chi connectivity index (χ3v) is 5.38. The maximum atomic E-state index is 13.3. The molecule has 10 heteroatoms. The molecule has 0 aromatic heterocycles. The van der Waals surface area contributed by atoms with Crippen LogP contribution in [0.5, 0.6) is 5.75 Å². The Labute approximate surface area is 151 Å². The van der Waals surface area contributed by atoms with Gasteiger partial charge in [-0.2, -0.15) is 13.2 Å². The third kappa shape index (κ3) is 5.83. The van der Waals surface area contributed by atoms with E-state index in [0.717, 1.165) is 0 Å². The molecule has 1 aliphatic heterocycles. The molecule has 1 aliphatic rings. The smallest absolute Gasteiger partial charge is 0.405 e. The summed E-state index contributed by atoms with van der Waals surface area (Å²) in [5.74, 6) is 0.493. The second kappa shape index (κ2) is 8.55. The number of piperazine rings is 1. The van der Waals surface area contributed by atoms with E-state index in [9.17, 15) is 21.6 Å². The number of nitrogens with one attached hydrogen (secondary N) is 2. The first kappa shape index (κ1) is 20.9. The van der Waals surface area contributed by atoms with Gasteiger partial charge in [0.1, 0.15) is 11.8 Å². The Kier molecular flexibility index (Phi) is 6.89. The van der Waals surface area contributed by atoms with E-state index >= 15 is 0 Å². The van der Waals surface area contributed by atoms with Crippen LogP contribution in [0, 0.1) is 0 Å². The molecule has 1 saturated heterocycles. The summed E-state index contributed by atoms with van der Waals surface area (Å²) in [6.07, 6.45) is -4.59. The first-order chi connectivity index (χ1) is 12.1. The zero-order valence-electron chi connectivity index (χ0n) is 14.7. The molecule has 0 spiro atoms. The van der Waals surface area contributed by atoms with Gasteiger partial charge in [0.2, 0.25) is 10.0 Å². The zero-order chi connectivity index (χ0) is 19.4. The molecular formula is C16H24F3N3O3S. The van der Waals surface area contributed by atoms with E-state index in [4.69, 9.17) is 4.74 Å². The normalized spacial score (nSPS) is 18.1. The van der Waals surface area contributed by atoms with Gasteiger partial charge in [-0.3, -0.25) is 4.90 Å². The van der Waals surface area contributed by atoms with E-state index < -0.39 is 28.8 Å². The first-order valence-corrected chi connectivity index (χ1v) is 9.86. The van der Waals surface area contributed by atoms with Gasteiger partial charge in [-0.05, 0) is 38.1 Å². The molecule has 26 heavy (non-hydrogen) atoms. The van der Waals surface area contributed by atoms with Crippen LogP contribution in [0.3, 0.4) is 0 Å². The van der Waals surface area contributed by atoms with Gasteiger partial charge < -0.3 is 10.1 Å². The minimum atomic E-state index is -4.52. The molecule has 148 valence electrons. The average molecular weight is 395 g/mol. The van der Waals surface area contributed by atoms with Crippen LogP contribution < -0.4 is 14.8 Å². The molecule has 0 radical (unpaired) electrons. The lowest BCUT2D eigenvalue weighted by molar-refractivity contribution is -0.182. The SMILES string of the molecule is CC(C)Oc1ccc(S(=O)(=O)NCC(N2CCNCC2)C(F)(F)F)cc1. The predicted molar refractivity (Wildman–Crippen MR) is 91.7 cm³/mol. The van der Waals surface area contributed by atoms with Crippen molar-refractivity contribution in [2.24, 2.45) is 0 Å². The summed E-state index contributed by atoms with van der Waals surface area (Å²) in [5, 5.41) is 2.98. The molecular weight excluding hydrogens is 371 g/mol. The van der Waals surface area contributed by atoms with Gasteiger partial charge in [0, 0.05) is 32.7 Å². The second-order valence-electron chi connectivity index (χ2n) is 6.33. The van der Waals surface area contributed by atoms with Crippen LogP contribution >= 0.6 is 0 Å². The van der Waals surface area contributed by atoms with Gasteiger partial charge in [-0.15, -0.1) is 0 Å². The monoisotopic (exact) mass is 395 g/mol. The number of benzene rings is 1. The van der Waals surface area contributed by atoms with Crippen LogP contribution in [0.15, 0.2) is 29.2 Å². The summed E-state index contributed by atoms with van der Waals surface area (Å²) in [4.78, 5) is 1.15. The van der Waals surface area contributed by atoms with Crippen molar-refractivity contribution in [2.45, 2.75) is 37.1 Å². The van der Waals surface area contributed by atoms with Crippen LogP contribution in [0.25, 0.3) is 0 Å². The van der Waals surface area contributed by atoms with Crippen molar-refractivity contribution in [1.82, 2.24) is 14.9 Å². The van der Waals surface area contributed by atoms with Crippen molar-refractivity contribution < 1.29 is 26.3 Å². The highest BCUT2D eigenvalue weighted by molar-refractivity contribution is 7.89. The molecule has 0 aliphatic carbocycles. The van der Waals surface area contributed by atoms with E-state index in [-0.39, 0.29) is 24.1 Å². The summed E-state index contributed by atoms with van der Waals surface area (Å²) >= 11 is 0. The number of hydrogen-bond acceptors (Lipinski definition) is 5.